The van der Waals surface area contributed by atoms with E-state index in [-0.39, 0.29) is 0 Å². The highest BCUT2D eigenvalue weighted by Gasteiger charge is 2.21. The zero-order chi connectivity index (χ0) is 27.3. The summed E-state index contributed by atoms with van der Waals surface area (Å²) in [6, 6.07) is 28.3. The topological polar surface area (TPSA) is 54.7 Å². The molecule has 1 radical (unpaired) electrons. The number of benzene rings is 3. The largest absolute Gasteiger partial charge is 0.457 e. The number of ether oxygens (including phenoxy) is 1. The lowest BCUT2D eigenvalue weighted by atomic mass is 9.75. The van der Waals surface area contributed by atoms with Crippen molar-refractivity contribution in [2.24, 2.45) is 5.92 Å². The van der Waals surface area contributed by atoms with E-state index in [4.69, 9.17) is 21.3 Å². The standard InChI is InChI=1S/C32H32BClN5O/c1-33-28-20-36-39-31(18-30(37-32(28)39)27-11-5-6-12-29(27)34)35-19-24-8-7-17-38(22-24)21-23-13-15-26(16-14-23)40-25-9-3-2-4-10-25/h2-6,9-16,18,20,24,35H,7-8,17,19,21-22H2,1H3. The molecule has 3 aromatic carbocycles. The summed E-state index contributed by atoms with van der Waals surface area (Å²) in [5.74, 6) is 3.18. The van der Waals surface area contributed by atoms with Crippen LogP contribution in [0.25, 0.3) is 16.9 Å². The van der Waals surface area contributed by atoms with Gasteiger partial charge in [0.25, 0.3) is 0 Å². The molecule has 0 spiro atoms. The van der Waals surface area contributed by atoms with E-state index in [1.54, 1.807) is 0 Å². The average molecular weight is 549 g/mol. The van der Waals surface area contributed by atoms with Crippen molar-refractivity contribution < 1.29 is 4.74 Å². The minimum Gasteiger partial charge on any atom is -0.457 e. The van der Waals surface area contributed by atoms with Gasteiger partial charge in [0.2, 0.25) is 0 Å². The fraction of sp³-hybridized carbons (Fsp3) is 0.250. The number of halogens is 1. The SMILES string of the molecule is C[B]c1cnn2c(NCC3CCCN(Cc4ccc(Oc5ccccc5)cc4)C3)cc(-c3ccccc3Cl)nc12. The van der Waals surface area contributed by atoms with Crippen LogP contribution in [0.3, 0.4) is 0 Å². The zero-order valence-electron chi connectivity index (χ0n) is 22.6. The van der Waals surface area contributed by atoms with E-state index < -0.39 is 0 Å². The molecule has 0 saturated carbocycles. The third kappa shape index (κ3) is 6.01. The second-order valence-corrected chi connectivity index (χ2v) is 10.7. The first-order chi connectivity index (χ1) is 19.7. The number of para-hydroxylation sites is 1. The molecule has 3 heterocycles. The Morgan fingerprint density at radius 2 is 1.77 bits per heavy atom. The Labute approximate surface area is 241 Å². The van der Waals surface area contributed by atoms with Crippen LogP contribution >= 0.6 is 11.6 Å². The summed E-state index contributed by atoms with van der Waals surface area (Å²) in [7, 11) is 2.04. The minimum atomic E-state index is 0.536. The van der Waals surface area contributed by atoms with Gasteiger partial charge in [-0.15, -0.1) is 0 Å². The summed E-state index contributed by atoms with van der Waals surface area (Å²) in [6.45, 7) is 5.98. The van der Waals surface area contributed by atoms with Gasteiger partial charge in [-0.25, -0.2) is 4.98 Å². The second-order valence-electron chi connectivity index (χ2n) is 10.3. The van der Waals surface area contributed by atoms with Crippen LogP contribution in [0.4, 0.5) is 5.82 Å². The average Bonchev–Trinajstić information content (AvgIpc) is 3.41. The van der Waals surface area contributed by atoms with Crippen LogP contribution in [0.15, 0.2) is 91.1 Å². The van der Waals surface area contributed by atoms with Gasteiger partial charge in [0.1, 0.15) is 17.3 Å². The fourth-order valence-electron chi connectivity index (χ4n) is 5.37. The number of aromatic nitrogens is 3. The van der Waals surface area contributed by atoms with E-state index in [0.29, 0.717) is 10.9 Å². The number of rotatable bonds is 9. The lowest BCUT2D eigenvalue weighted by molar-refractivity contribution is 0.173. The predicted molar refractivity (Wildman–Crippen MR) is 164 cm³/mol. The molecule has 1 atom stereocenters. The molecule has 0 aliphatic carbocycles. The number of nitrogens with zero attached hydrogens (tertiary/aromatic N) is 4. The Balaban J connectivity index is 1.12. The normalized spacial score (nSPS) is 15.7. The number of hydrogen-bond donors (Lipinski definition) is 1. The van der Waals surface area contributed by atoms with Gasteiger partial charge in [0.05, 0.1) is 5.69 Å². The maximum atomic E-state index is 6.53. The van der Waals surface area contributed by atoms with Crippen molar-refractivity contribution in [2.45, 2.75) is 26.2 Å². The van der Waals surface area contributed by atoms with Crippen molar-refractivity contribution in [3.05, 3.63) is 102 Å². The number of piperidine rings is 1. The van der Waals surface area contributed by atoms with Crippen molar-refractivity contribution in [3.63, 3.8) is 0 Å². The number of fused-ring (bicyclic) bond motifs is 1. The smallest absolute Gasteiger partial charge is 0.155 e. The molecular weight excluding hydrogens is 517 g/mol. The van der Waals surface area contributed by atoms with Crippen LogP contribution in [-0.4, -0.2) is 46.4 Å². The first-order valence-corrected chi connectivity index (χ1v) is 14.2. The first-order valence-electron chi connectivity index (χ1n) is 13.9. The van der Waals surface area contributed by atoms with Crippen LogP contribution in [0.1, 0.15) is 18.4 Å². The Kier molecular flexibility index (Phi) is 8.03. The Bertz CT molecular complexity index is 1570. The molecular formula is C32H32BClN5O. The molecule has 201 valence electrons. The summed E-state index contributed by atoms with van der Waals surface area (Å²) in [6.07, 6.45) is 4.25. The molecule has 1 N–H and O–H groups in total. The van der Waals surface area contributed by atoms with Crippen LogP contribution in [0, 0.1) is 5.92 Å². The zero-order valence-corrected chi connectivity index (χ0v) is 23.4. The predicted octanol–water partition coefficient (Wildman–Crippen LogP) is 6.54. The molecule has 40 heavy (non-hydrogen) atoms. The number of likely N-dealkylation sites (tertiary alicyclic amines) is 1. The van der Waals surface area contributed by atoms with Crippen molar-refractivity contribution in [1.82, 2.24) is 19.5 Å². The van der Waals surface area contributed by atoms with E-state index >= 15 is 0 Å². The number of anilines is 1. The molecule has 8 heteroatoms. The van der Waals surface area contributed by atoms with E-state index in [1.165, 1.54) is 18.4 Å². The van der Waals surface area contributed by atoms with E-state index in [2.05, 4.69) is 45.6 Å². The Morgan fingerprint density at radius 3 is 2.58 bits per heavy atom. The van der Waals surface area contributed by atoms with Gasteiger partial charge in [-0.05, 0) is 66.7 Å². The minimum absolute atomic E-state index is 0.536. The fourth-order valence-corrected chi connectivity index (χ4v) is 5.61. The monoisotopic (exact) mass is 548 g/mol. The molecule has 2 aromatic heterocycles. The van der Waals surface area contributed by atoms with Gasteiger partial charge in [-0.2, -0.15) is 9.61 Å². The molecule has 1 saturated heterocycles. The summed E-state index contributed by atoms with van der Waals surface area (Å²) in [5.41, 5.74) is 4.89. The molecule has 1 fully saturated rings. The molecule has 1 aliphatic rings. The first kappa shape index (κ1) is 26.4. The van der Waals surface area contributed by atoms with Crippen LogP contribution in [-0.2, 0) is 6.54 Å². The van der Waals surface area contributed by atoms with Crippen molar-refractivity contribution in [1.29, 1.82) is 0 Å². The highest BCUT2D eigenvalue weighted by molar-refractivity contribution is 6.54. The van der Waals surface area contributed by atoms with Crippen LogP contribution in [0.5, 0.6) is 11.5 Å². The maximum absolute atomic E-state index is 6.53. The lowest BCUT2D eigenvalue weighted by Gasteiger charge is -2.33. The van der Waals surface area contributed by atoms with Crippen molar-refractivity contribution >= 4 is 35.8 Å². The van der Waals surface area contributed by atoms with Gasteiger partial charge in [0, 0.05) is 42.5 Å². The van der Waals surface area contributed by atoms with Crippen molar-refractivity contribution in [2.75, 3.05) is 25.0 Å². The van der Waals surface area contributed by atoms with Gasteiger partial charge in [-0.3, -0.25) is 4.90 Å². The molecule has 0 bridgehead atoms. The summed E-state index contributed by atoms with van der Waals surface area (Å²) in [4.78, 5) is 7.46. The van der Waals surface area contributed by atoms with Gasteiger partial charge in [0.15, 0.2) is 12.9 Å². The van der Waals surface area contributed by atoms with E-state index in [1.807, 2.05) is 79.4 Å². The number of nitrogens with one attached hydrogen (secondary N) is 1. The molecule has 6 nitrogen and oxygen atoms in total. The highest BCUT2D eigenvalue weighted by atomic mass is 35.5. The molecule has 1 aliphatic heterocycles. The molecule has 5 aromatic rings. The third-order valence-corrected chi connectivity index (χ3v) is 7.77. The molecule has 1 unspecified atom stereocenters. The van der Waals surface area contributed by atoms with Crippen LogP contribution < -0.4 is 15.5 Å². The Hall–Kier alpha value is -3.81. The third-order valence-electron chi connectivity index (χ3n) is 7.44. The molecule has 0 amide bonds. The Morgan fingerprint density at radius 1 is 1.00 bits per heavy atom. The maximum Gasteiger partial charge on any atom is 0.155 e. The lowest BCUT2D eigenvalue weighted by Crippen LogP contribution is -2.37. The quantitative estimate of drug-likeness (QED) is 0.212. The van der Waals surface area contributed by atoms with Gasteiger partial charge in [-0.1, -0.05) is 67.0 Å². The van der Waals surface area contributed by atoms with Gasteiger partial charge >= 0.3 is 0 Å². The summed E-state index contributed by atoms with van der Waals surface area (Å²) < 4.78 is 7.85. The van der Waals surface area contributed by atoms with Crippen molar-refractivity contribution in [3.8, 4) is 22.8 Å². The van der Waals surface area contributed by atoms with E-state index in [9.17, 15) is 0 Å². The molecule has 6 rings (SSSR count). The number of hydrogen-bond acceptors (Lipinski definition) is 5. The van der Waals surface area contributed by atoms with E-state index in [0.717, 1.165) is 65.9 Å². The van der Waals surface area contributed by atoms with Crippen LogP contribution in [0.2, 0.25) is 11.8 Å². The summed E-state index contributed by atoms with van der Waals surface area (Å²) in [5, 5.41) is 9.01. The van der Waals surface area contributed by atoms with Gasteiger partial charge < -0.3 is 10.1 Å². The second kappa shape index (κ2) is 12.2. The highest BCUT2D eigenvalue weighted by Crippen LogP contribution is 2.29. The summed E-state index contributed by atoms with van der Waals surface area (Å²) >= 11 is 6.53.